The largest absolute Gasteiger partial charge is 0.356 e. The molecule has 0 spiro atoms. The third-order valence-electron chi connectivity index (χ3n) is 5.07. The lowest BCUT2D eigenvalue weighted by Crippen LogP contribution is -2.42. The van der Waals surface area contributed by atoms with Gasteiger partial charge in [-0.25, -0.2) is 12.7 Å². The second kappa shape index (κ2) is 10.2. The first-order valence-electron chi connectivity index (χ1n) is 8.79. The van der Waals surface area contributed by atoms with Gasteiger partial charge in [-0.15, -0.1) is 35.3 Å². The summed E-state index contributed by atoms with van der Waals surface area (Å²) in [5.74, 6) is 0.769. The first-order valence-corrected chi connectivity index (χ1v) is 11.0. The van der Waals surface area contributed by atoms with Gasteiger partial charge in [-0.1, -0.05) is 19.8 Å². The highest BCUT2D eigenvalue weighted by molar-refractivity contribution is 14.0. The molecular weight excluding hydrogens is 483 g/mol. The normalized spacial score (nSPS) is 17.2. The van der Waals surface area contributed by atoms with Crippen LogP contribution in [0, 0.1) is 5.41 Å². The van der Waals surface area contributed by atoms with E-state index in [1.165, 1.54) is 47.7 Å². The van der Waals surface area contributed by atoms with E-state index < -0.39 is 10.0 Å². The minimum Gasteiger partial charge on any atom is -0.356 e. The Kier molecular flexibility index (Phi) is 9.31. The van der Waals surface area contributed by atoms with Crippen LogP contribution >= 0.6 is 35.3 Å². The molecule has 1 aliphatic rings. The van der Waals surface area contributed by atoms with Crippen molar-refractivity contribution in [2.24, 2.45) is 10.4 Å². The highest BCUT2D eigenvalue weighted by atomic mass is 127. The molecule has 6 nitrogen and oxygen atoms in total. The molecule has 9 heteroatoms. The van der Waals surface area contributed by atoms with Crippen molar-refractivity contribution < 1.29 is 8.42 Å². The maximum Gasteiger partial charge on any atom is 0.252 e. The number of hydrogen-bond acceptors (Lipinski definition) is 4. The summed E-state index contributed by atoms with van der Waals surface area (Å²) < 4.78 is 25.9. The molecule has 0 radical (unpaired) electrons. The van der Waals surface area contributed by atoms with Gasteiger partial charge in [-0.3, -0.25) is 4.99 Å². The molecule has 0 aromatic carbocycles. The molecule has 1 fully saturated rings. The first-order chi connectivity index (χ1) is 11.8. The highest BCUT2D eigenvalue weighted by Crippen LogP contribution is 2.40. The van der Waals surface area contributed by atoms with Crippen LogP contribution in [0.5, 0.6) is 0 Å². The van der Waals surface area contributed by atoms with Crippen LogP contribution in [0.25, 0.3) is 0 Å². The van der Waals surface area contributed by atoms with Crippen molar-refractivity contribution in [2.75, 3.05) is 27.7 Å². The molecule has 0 unspecified atom stereocenters. The molecule has 2 rings (SSSR count). The number of nitrogens with zero attached hydrogens (tertiary/aromatic N) is 2. The summed E-state index contributed by atoms with van der Waals surface area (Å²) >= 11 is 1.29. The molecule has 0 saturated heterocycles. The minimum atomic E-state index is -3.35. The second-order valence-electron chi connectivity index (χ2n) is 6.85. The SMILES string of the molecule is CCC1(CNC(=NC)NCc2ccc(S(=O)(=O)N(C)C)s2)CCCC1.I. The molecule has 26 heavy (non-hydrogen) atoms. The van der Waals surface area contributed by atoms with E-state index in [1.54, 1.807) is 27.2 Å². The molecule has 1 aliphatic carbocycles. The molecule has 1 saturated carbocycles. The van der Waals surface area contributed by atoms with E-state index in [1.807, 2.05) is 6.07 Å². The fourth-order valence-electron chi connectivity index (χ4n) is 3.21. The third-order valence-corrected chi connectivity index (χ3v) is 8.44. The van der Waals surface area contributed by atoms with Gasteiger partial charge in [-0.05, 0) is 36.8 Å². The van der Waals surface area contributed by atoms with E-state index in [9.17, 15) is 8.42 Å². The van der Waals surface area contributed by atoms with Gasteiger partial charge in [0.2, 0.25) is 0 Å². The van der Waals surface area contributed by atoms with Gasteiger partial charge in [0.25, 0.3) is 10.0 Å². The predicted molar refractivity (Wildman–Crippen MR) is 120 cm³/mol. The fraction of sp³-hybridized carbons (Fsp3) is 0.706. The van der Waals surface area contributed by atoms with Crippen molar-refractivity contribution in [3.63, 3.8) is 0 Å². The lowest BCUT2D eigenvalue weighted by molar-refractivity contribution is 0.283. The standard InChI is InChI=1S/C17H30N4O2S2.HI/c1-5-17(10-6-7-11-17)13-20-16(18-2)19-12-14-8-9-15(24-14)25(22,23)21(3)4;/h8-9H,5-7,10-13H2,1-4H3,(H2,18,19,20);1H. The molecule has 1 aromatic heterocycles. The topological polar surface area (TPSA) is 73.8 Å². The number of halogens is 1. The average Bonchev–Trinajstić information content (AvgIpc) is 3.25. The molecule has 0 aliphatic heterocycles. The number of nitrogens with one attached hydrogen (secondary N) is 2. The molecule has 0 amide bonds. The lowest BCUT2D eigenvalue weighted by atomic mass is 9.83. The Morgan fingerprint density at radius 1 is 1.27 bits per heavy atom. The third kappa shape index (κ3) is 5.80. The minimum absolute atomic E-state index is 0. The van der Waals surface area contributed by atoms with Gasteiger partial charge in [-0.2, -0.15) is 0 Å². The van der Waals surface area contributed by atoms with E-state index in [4.69, 9.17) is 0 Å². The summed E-state index contributed by atoms with van der Waals surface area (Å²) in [5.41, 5.74) is 0.396. The van der Waals surface area contributed by atoms with E-state index in [-0.39, 0.29) is 24.0 Å². The molecule has 2 N–H and O–H groups in total. The summed E-state index contributed by atoms with van der Waals surface area (Å²) in [4.78, 5) is 5.25. The van der Waals surface area contributed by atoms with Gasteiger partial charge < -0.3 is 10.6 Å². The van der Waals surface area contributed by atoms with Crippen molar-refractivity contribution in [1.82, 2.24) is 14.9 Å². The van der Waals surface area contributed by atoms with Gasteiger partial charge in [0.1, 0.15) is 4.21 Å². The van der Waals surface area contributed by atoms with E-state index in [0.717, 1.165) is 17.4 Å². The first kappa shape index (κ1) is 23.6. The van der Waals surface area contributed by atoms with Gasteiger partial charge in [0, 0.05) is 32.6 Å². The Balaban J connectivity index is 0.00000338. The van der Waals surface area contributed by atoms with Gasteiger partial charge >= 0.3 is 0 Å². The van der Waals surface area contributed by atoms with Crippen LogP contribution in [0.2, 0.25) is 0 Å². The smallest absolute Gasteiger partial charge is 0.252 e. The molecule has 0 atom stereocenters. The van der Waals surface area contributed by atoms with E-state index in [0.29, 0.717) is 16.2 Å². The summed E-state index contributed by atoms with van der Waals surface area (Å²) in [6, 6.07) is 3.52. The van der Waals surface area contributed by atoms with Gasteiger partial charge in [0.05, 0.1) is 6.54 Å². The van der Waals surface area contributed by atoms with Crippen LogP contribution in [-0.2, 0) is 16.6 Å². The van der Waals surface area contributed by atoms with Gasteiger partial charge in [0.15, 0.2) is 5.96 Å². The van der Waals surface area contributed by atoms with Crippen LogP contribution < -0.4 is 10.6 Å². The monoisotopic (exact) mass is 514 g/mol. The van der Waals surface area contributed by atoms with E-state index >= 15 is 0 Å². The number of rotatable bonds is 7. The maximum atomic E-state index is 12.1. The van der Waals surface area contributed by atoms with Crippen molar-refractivity contribution in [3.05, 3.63) is 17.0 Å². The van der Waals surface area contributed by atoms with Crippen LogP contribution in [-0.4, -0.2) is 46.4 Å². The number of guanidine groups is 1. The summed E-state index contributed by atoms with van der Waals surface area (Å²) in [6.45, 7) is 3.77. The summed E-state index contributed by atoms with van der Waals surface area (Å²) in [7, 11) is 1.50. The van der Waals surface area contributed by atoms with Crippen LogP contribution in [0.15, 0.2) is 21.3 Å². The predicted octanol–water partition coefficient (Wildman–Crippen LogP) is 3.25. The number of aliphatic imine (C=N–C) groups is 1. The van der Waals surface area contributed by atoms with Crippen LogP contribution in [0.1, 0.15) is 43.9 Å². The molecule has 1 heterocycles. The Morgan fingerprint density at radius 3 is 2.46 bits per heavy atom. The van der Waals surface area contributed by atoms with Crippen molar-refractivity contribution in [3.8, 4) is 0 Å². The molecule has 150 valence electrons. The zero-order valence-electron chi connectivity index (χ0n) is 16.0. The summed E-state index contributed by atoms with van der Waals surface area (Å²) in [6.07, 6.45) is 6.39. The number of thiophene rings is 1. The van der Waals surface area contributed by atoms with Crippen LogP contribution in [0.4, 0.5) is 0 Å². The zero-order chi connectivity index (χ0) is 18.5. The molecule has 0 bridgehead atoms. The van der Waals surface area contributed by atoms with Crippen molar-refractivity contribution in [2.45, 2.75) is 49.8 Å². The Morgan fingerprint density at radius 2 is 1.92 bits per heavy atom. The quantitative estimate of drug-likeness (QED) is 0.333. The van der Waals surface area contributed by atoms with Crippen molar-refractivity contribution in [1.29, 1.82) is 0 Å². The van der Waals surface area contributed by atoms with Crippen molar-refractivity contribution >= 4 is 51.3 Å². The number of hydrogen-bond donors (Lipinski definition) is 2. The van der Waals surface area contributed by atoms with E-state index in [2.05, 4.69) is 22.5 Å². The van der Waals surface area contributed by atoms with Crippen LogP contribution in [0.3, 0.4) is 0 Å². The molecular formula is C17H31IN4O2S2. The summed E-state index contributed by atoms with van der Waals surface area (Å²) in [5, 5.41) is 6.73. The Bertz CT molecular complexity index is 695. The number of sulfonamides is 1. The lowest BCUT2D eigenvalue weighted by Gasteiger charge is -2.28. The molecule has 1 aromatic rings. The Hall–Kier alpha value is -0.390. The maximum absolute atomic E-state index is 12.1. The average molecular weight is 514 g/mol. The highest BCUT2D eigenvalue weighted by Gasteiger charge is 2.31. The second-order valence-corrected chi connectivity index (χ2v) is 10.4. The Labute approximate surface area is 178 Å². The zero-order valence-corrected chi connectivity index (χ0v) is 20.0. The fourth-order valence-corrected chi connectivity index (χ4v) is 5.68.